The van der Waals surface area contributed by atoms with E-state index in [1.807, 2.05) is 17.8 Å². The number of aromatic nitrogens is 3. The zero-order chi connectivity index (χ0) is 11.5. The monoisotopic (exact) mass is 282 g/mol. The summed E-state index contributed by atoms with van der Waals surface area (Å²) >= 11 is 3.27. The molecular formula is C10H11BrN4O. The molecule has 6 heteroatoms. The van der Waals surface area contributed by atoms with Crippen LogP contribution in [0.25, 0.3) is 0 Å². The first kappa shape index (κ1) is 10.9. The van der Waals surface area contributed by atoms with Crippen molar-refractivity contribution in [2.24, 2.45) is 7.05 Å². The number of nitrogens with zero attached hydrogens (tertiary/aromatic N) is 2. The van der Waals surface area contributed by atoms with Crippen LogP contribution < -0.4 is 5.32 Å². The molecule has 2 heterocycles. The minimum atomic E-state index is -0.145. The van der Waals surface area contributed by atoms with Gasteiger partial charge in [0, 0.05) is 30.1 Å². The van der Waals surface area contributed by atoms with Gasteiger partial charge in [-0.25, -0.2) is 4.98 Å². The van der Waals surface area contributed by atoms with Crippen molar-refractivity contribution in [2.75, 3.05) is 0 Å². The van der Waals surface area contributed by atoms with Crippen molar-refractivity contribution in [2.45, 2.75) is 6.54 Å². The third-order valence-electron chi connectivity index (χ3n) is 2.22. The minimum Gasteiger partial charge on any atom is -0.356 e. The first-order valence-electron chi connectivity index (χ1n) is 4.75. The van der Waals surface area contributed by atoms with E-state index in [1.54, 1.807) is 18.5 Å². The molecular weight excluding hydrogens is 272 g/mol. The van der Waals surface area contributed by atoms with Crippen LogP contribution in [0.3, 0.4) is 0 Å². The Morgan fingerprint density at radius 3 is 3.06 bits per heavy atom. The Kier molecular flexibility index (Phi) is 3.09. The largest absolute Gasteiger partial charge is 0.356 e. The number of hydrogen-bond donors (Lipinski definition) is 2. The SMILES string of the molecule is Cn1ccnc1CNC(=O)c1cc(Br)c[nH]1. The molecule has 0 radical (unpaired) electrons. The Morgan fingerprint density at radius 1 is 1.69 bits per heavy atom. The van der Waals surface area contributed by atoms with Gasteiger partial charge < -0.3 is 14.9 Å². The van der Waals surface area contributed by atoms with Gasteiger partial charge in [-0.2, -0.15) is 0 Å². The van der Waals surface area contributed by atoms with Crippen molar-refractivity contribution in [1.82, 2.24) is 19.9 Å². The number of hydrogen-bond acceptors (Lipinski definition) is 2. The fourth-order valence-corrected chi connectivity index (χ4v) is 1.66. The van der Waals surface area contributed by atoms with E-state index in [4.69, 9.17) is 0 Å². The Hall–Kier alpha value is -1.56. The van der Waals surface area contributed by atoms with Crippen LogP contribution in [0.4, 0.5) is 0 Å². The van der Waals surface area contributed by atoms with Gasteiger partial charge in [0.15, 0.2) is 0 Å². The topological polar surface area (TPSA) is 62.7 Å². The normalized spacial score (nSPS) is 10.4. The standard InChI is InChI=1S/C10H11BrN4O/c1-15-3-2-12-9(15)6-14-10(16)8-4-7(11)5-13-8/h2-5,13H,6H2,1H3,(H,14,16). The summed E-state index contributed by atoms with van der Waals surface area (Å²) in [7, 11) is 1.89. The van der Waals surface area contributed by atoms with Crippen molar-refractivity contribution < 1.29 is 4.79 Å². The molecule has 0 aliphatic heterocycles. The number of H-pyrrole nitrogens is 1. The van der Waals surface area contributed by atoms with Gasteiger partial charge in [0.05, 0.1) is 6.54 Å². The summed E-state index contributed by atoms with van der Waals surface area (Å²) in [6.07, 6.45) is 5.26. The maximum atomic E-state index is 11.7. The number of carbonyl (C=O) groups is 1. The molecule has 0 aromatic carbocycles. The summed E-state index contributed by atoms with van der Waals surface area (Å²) in [5.74, 6) is 0.674. The van der Waals surface area contributed by atoms with Crippen molar-refractivity contribution in [1.29, 1.82) is 0 Å². The van der Waals surface area contributed by atoms with E-state index in [1.165, 1.54) is 0 Å². The zero-order valence-corrected chi connectivity index (χ0v) is 10.3. The number of rotatable bonds is 3. The molecule has 2 aromatic heterocycles. The molecule has 0 spiro atoms. The molecule has 2 rings (SSSR count). The number of halogens is 1. The lowest BCUT2D eigenvalue weighted by Crippen LogP contribution is -2.24. The molecule has 0 saturated carbocycles. The predicted molar refractivity (Wildman–Crippen MR) is 62.9 cm³/mol. The third-order valence-corrected chi connectivity index (χ3v) is 2.68. The highest BCUT2D eigenvalue weighted by Gasteiger charge is 2.08. The molecule has 1 amide bonds. The average molecular weight is 283 g/mol. The van der Waals surface area contributed by atoms with E-state index in [0.717, 1.165) is 10.3 Å². The van der Waals surface area contributed by atoms with Gasteiger partial charge in [-0.15, -0.1) is 0 Å². The molecule has 2 aromatic rings. The minimum absolute atomic E-state index is 0.145. The van der Waals surface area contributed by atoms with Crippen LogP contribution in [-0.4, -0.2) is 20.4 Å². The summed E-state index contributed by atoms with van der Waals surface area (Å²) in [5.41, 5.74) is 0.529. The highest BCUT2D eigenvalue weighted by molar-refractivity contribution is 9.10. The second-order valence-electron chi connectivity index (χ2n) is 3.37. The van der Waals surface area contributed by atoms with Crippen LogP contribution in [-0.2, 0) is 13.6 Å². The summed E-state index contributed by atoms with van der Waals surface area (Å²) in [6.45, 7) is 0.416. The number of amides is 1. The summed E-state index contributed by atoms with van der Waals surface area (Å²) in [6, 6.07) is 1.73. The fourth-order valence-electron chi connectivity index (χ4n) is 1.32. The third kappa shape index (κ3) is 2.33. The van der Waals surface area contributed by atoms with Crippen molar-refractivity contribution in [3.05, 3.63) is 40.6 Å². The maximum Gasteiger partial charge on any atom is 0.268 e. The first-order valence-corrected chi connectivity index (χ1v) is 5.54. The molecule has 0 saturated heterocycles. The highest BCUT2D eigenvalue weighted by atomic mass is 79.9. The van der Waals surface area contributed by atoms with E-state index in [9.17, 15) is 4.79 Å². The number of aryl methyl sites for hydroxylation is 1. The summed E-state index contributed by atoms with van der Waals surface area (Å²) in [4.78, 5) is 18.6. The molecule has 0 bridgehead atoms. The second kappa shape index (κ2) is 4.52. The molecule has 0 aliphatic carbocycles. The summed E-state index contributed by atoms with van der Waals surface area (Å²) in [5, 5.41) is 2.78. The van der Waals surface area contributed by atoms with Crippen molar-refractivity contribution in [3.8, 4) is 0 Å². The Morgan fingerprint density at radius 2 is 2.50 bits per heavy atom. The molecule has 5 nitrogen and oxygen atoms in total. The van der Waals surface area contributed by atoms with Crippen LogP contribution >= 0.6 is 15.9 Å². The maximum absolute atomic E-state index is 11.7. The van der Waals surface area contributed by atoms with Gasteiger partial charge in [0.1, 0.15) is 11.5 Å². The Bertz CT molecular complexity index is 502. The van der Waals surface area contributed by atoms with Gasteiger partial charge in [0.25, 0.3) is 5.91 Å². The molecule has 0 fully saturated rings. The molecule has 84 valence electrons. The number of carbonyl (C=O) groups excluding carboxylic acids is 1. The summed E-state index contributed by atoms with van der Waals surface area (Å²) < 4.78 is 2.72. The zero-order valence-electron chi connectivity index (χ0n) is 8.70. The predicted octanol–water partition coefficient (Wildman–Crippen LogP) is 1.44. The highest BCUT2D eigenvalue weighted by Crippen LogP contribution is 2.10. The lowest BCUT2D eigenvalue weighted by Gasteiger charge is -2.03. The lowest BCUT2D eigenvalue weighted by atomic mass is 10.4. The van der Waals surface area contributed by atoms with E-state index in [2.05, 4.69) is 31.2 Å². The van der Waals surface area contributed by atoms with Crippen molar-refractivity contribution in [3.63, 3.8) is 0 Å². The van der Waals surface area contributed by atoms with Gasteiger partial charge >= 0.3 is 0 Å². The van der Waals surface area contributed by atoms with Crippen LogP contribution in [0.15, 0.2) is 29.1 Å². The van der Waals surface area contributed by atoms with E-state index >= 15 is 0 Å². The molecule has 0 atom stereocenters. The van der Waals surface area contributed by atoms with Crippen LogP contribution in [0.5, 0.6) is 0 Å². The Balaban J connectivity index is 1.96. The van der Waals surface area contributed by atoms with Crippen LogP contribution in [0.1, 0.15) is 16.3 Å². The van der Waals surface area contributed by atoms with E-state index < -0.39 is 0 Å². The van der Waals surface area contributed by atoms with Gasteiger partial charge in [0.2, 0.25) is 0 Å². The van der Waals surface area contributed by atoms with Crippen molar-refractivity contribution >= 4 is 21.8 Å². The van der Waals surface area contributed by atoms with E-state index in [0.29, 0.717) is 12.2 Å². The smallest absolute Gasteiger partial charge is 0.268 e. The second-order valence-corrected chi connectivity index (χ2v) is 4.28. The Labute approximate surface area is 101 Å². The number of imidazole rings is 1. The molecule has 2 N–H and O–H groups in total. The fraction of sp³-hybridized carbons (Fsp3) is 0.200. The van der Waals surface area contributed by atoms with Crippen LogP contribution in [0, 0.1) is 0 Å². The molecule has 0 unspecified atom stereocenters. The molecule has 0 aliphatic rings. The van der Waals surface area contributed by atoms with Gasteiger partial charge in [-0.3, -0.25) is 4.79 Å². The van der Waals surface area contributed by atoms with E-state index in [-0.39, 0.29) is 5.91 Å². The number of aromatic amines is 1. The van der Waals surface area contributed by atoms with Gasteiger partial charge in [-0.1, -0.05) is 0 Å². The average Bonchev–Trinajstić information content (AvgIpc) is 2.84. The van der Waals surface area contributed by atoms with Gasteiger partial charge in [-0.05, 0) is 22.0 Å². The van der Waals surface area contributed by atoms with Crippen LogP contribution in [0.2, 0.25) is 0 Å². The quantitative estimate of drug-likeness (QED) is 0.895. The number of nitrogens with one attached hydrogen (secondary N) is 2. The lowest BCUT2D eigenvalue weighted by molar-refractivity contribution is 0.0945. The first-order chi connectivity index (χ1) is 7.66. The molecule has 16 heavy (non-hydrogen) atoms.